The van der Waals surface area contributed by atoms with Crippen molar-refractivity contribution in [2.45, 2.75) is 23.5 Å². The lowest BCUT2D eigenvalue weighted by Crippen LogP contribution is -2.30. The summed E-state index contributed by atoms with van der Waals surface area (Å²) in [5.41, 5.74) is 3.73. The number of alkyl halides is 2. The molecule has 1 heterocycles. The molecular weight excluding hydrogens is 404 g/mol. The molecule has 21 heavy (non-hydrogen) atoms. The van der Waals surface area contributed by atoms with Crippen LogP contribution in [0.1, 0.15) is 25.8 Å². The van der Waals surface area contributed by atoms with Crippen molar-refractivity contribution < 1.29 is 14.3 Å². The van der Waals surface area contributed by atoms with E-state index in [0.29, 0.717) is 11.5 Å². The highest BCUT2D eigenvalue weighted by Crippen LogP contribution is 2.66. The number of benzene rings is 1. The summed E-state index contributed by atoms with van der Waals surface area (Å²) in [5.74, 6) is 1.31. The average Bonchev–Trinajstić information content (AvgIpc) is 2.79. The van der Waals surface area contributed by atoms with E-state index in [0.717, 1.165) is 17.7 Å². The molecule has 0 spiro atoms. The Morgan fingerprint density at radius 2 is 2.00 bits per heavy atom. The van der Waals surface area contributed by atoms with Gasteiger partial charge in [-0.15, -0.1) is 0 Å². The number of fused-ring (bicyclic) bond motifs is 1. The first-order chi connectivity index (χ1) is 9.83. The van der Waals surface area contributed by atoms with Crippen molar-refractivity contribution in [3.63, 3.8) is 0 Å². The number of halogens is 2. The van der Waals surface area contributed by atoms with Crippen molar-refractivity contribution >= 4 is 43.5 Å². The predicted octanol–water partition coefficient (Wildman–Crippen LogP) is 3.15. The standard InChI is InChI=1S/C14H14Br2N2O3/c1-8(9-3-4-10-11(5-9)21-7-20-10)17-18-12(19)13(2)6-14(13,15)16/h3-5H,6-7H2,1-2H3,(H,18,19)/b17-8-. The Kier molecular flexibility index (Phi) is 3.52. The normalized spacial score (nSPS) is 25.6. The Morgan fingerprint density at radius 3 is 2.67 bits per heavy atom. The second-order valence-electron chi connectivity index (χ2n) is 5.42. The third-order valence-corrected chi connectivity index (χ3v) is 6.19. The van der Waals surface area contributed by atoms with Crippen LogP contribution in [0.3, 0.4) is 0 Å². The lowest BCUT2D eigenvalue weighted by molar-refractivity contribution is -0.125. The van der Waals surface area contributed by atoms with E-state index in [9.17, 15) is 4.79 Å². The molecule has 1 fully saturated rings. The van der Waals surface area contributed by atoms with Crippen LogP contribution in [0.25, 0.3) is 0 Å². The fourth-order valence-corrected chi connectivity index (χ4v) is 3.57. The van der Waals surface area contributed by atoms with E-state index < -0.39 is 5.41 Å². The molecule has 1 N–H and O–H groups in total. The molecule has 112 valence electrons. The molecule has 0 saturated heterocycles. The van der Waals surface area contributed by atoms with Gasteiger partial charge in [-0.1, -0.05) is 31.9 Å². The maximum absolute atomic E-state index is 12.1. The Morgan fingerprint density at radius 1 is 1.33 bits per heavy atom. The van der Waals surface area contributed by atoms with Crippen LogP contribution in [-0.4, -0.2) is 21.6 Å². The maximum Gasteiger partial charge on any atom is 0.248 e. The van der Waals surface area contributed by atoms with E-state index in [1.54, 1.807) is 0 Å². The first-order valence-corrected chi connectivity index (χ1v) is 8.05. The van der Waals surface area contributed by atoms with Gasteiger partial charge in [0, 0.05) is 5.56 Å². The molecule has 7 heteroatoms. The molecule has 1 amide bonds. The van der Waals surface area contributed by atoms with Crippen molar-refractivity contribution in [3.8, 4) is 11.5 Å². The van der Waals surface area contributed by atoms with Gasteiger partial charge in [-0.25, -0.2) is 5.43 Å². The summed E-state index contributed by atoms with van der Waals surface area (Å²) in [4.78, 5) is 12.1. The van der Waals surface area contributed by atoms with Crippen molar-refractivity contribution in [2.75, 3.05) is 6.79 Å². The number of nitrogens with zero attached hydrogens (tertiary/aromatic N) is 1. The van der Waals surface area contributed by atoms with Crippen molar-refractivity contribution in [1.82, 2.24) is 5.43 Å². The molecule has 0 bridgehead atoms. The molecule has 5 nitrogen and oxygen atoms in total. The molecule has 1 aliphatic heterocycles. The largest absolute Gasteiger partial charge is 0.454 e. The molecule has 1 aromatic rings. The summed E-state index contributed by atoms with van der Waals surface area (Å²) in [5, 5.41) is 4.17. The number of nitrogens with one attached hydrogen (secondary N) is 1. The second kappa shape index (κ2) is 4.98. The number of hydrogen-bond donors (Lipinski definition) is 1. The van der Waals surface area contributed by atoms with Crippen LogP contribution >= 0.6 is 31.9 Å². The van der Waals surface area contributed by atoms with Crippen LogP contribution in [-0.2, 0) is 4.79 Å². The summed E-state index contributed by atoms with van der Waals surface area (Å²) >= 11 is 6.94. The zero-order chi connectivity index (χ0) is 15.3. The van der Waals surface area contributed by atoms with E-state index in [1.165, 1.54) is 0 Å². The number of hydrazone groups is 1. The van der Waals surface area contributed by atoms with E-state index >= 15 is 0 Å². The minimum absolute atomic E-state index is 0.114. The number of carbonyl (C=O) groups excluding carboxylic acids is 1. The van der Waals surface area contributed by atoms with Crippen LogP contribution in [0.15, 0.2) is 23.3 Å². The highest BCUT2D eigenvalue weighted by atomic mass is 79.9. The minimum atomic E-state index is -0.480. The highest BCUT2D eigenvalue weighted by Gasteiger charge is 2.66. The van der Waals surface area contributed by atoms with Crippen LogP contribution in [0.2, 0.25) is 0 Å². The number of carbonyl (C=O) groups is 1. The van der Waals surface area contributed by atoms with Crippen molar-refractivity contribution in [3.05, 3.63) is 23.8 Å². The Labute approximate surface area is 139 Å². The third kappa shape index (κ3) is 2.57. The van der Waals surface area contributed by atoms with Gasteiger partial charge in [0.1, 0.15) is 0 Å². The SMILES string of the molecule is C/C(=N/NC(=O)C1(C)CC1(Br)Br)c1ccc2c(c1)OCO2. The molecular formula is C14H14Br2N2O3. The van der Waals surface area contributed by atoms with E-state index in [1.807, 2.05) is 32.0 Å². The van der Waals surface area contributed by atoms with Gasteiger partial charge in [-0.2, -0.15) is 5.10 Å². The first kappa shape index (κ1) is 14.8. The average molecular weight is 418 g/mol. The summed E-state index contributed by atoms with van der Waals surface area (Å²) in [6.45, 7) is 3.96. The molecule has 0 aromatic heterocycles. The highest BCUT2D eigenvalue weighted by molar-refractivity contribution is 9.25. The maximum atomic E-state index is 12.1. The molecule has 1 unspecified atom stereocenters. The molecule has 1 atom stereocenters. The number of ether oxygens (including phenoxy) is 2. The van der Waals surface area contributed by atoms with Crippen molar-refractivity contribution in [1.29, 1.82) is 0 Å². The molecule has 2 aliphatic rings. The van der Waals surface area contributed by atoms with Crippen LogP contribution < -0.4 is 14.9 Å². The molecule has 1 saturated carbocycles. The lowest BCUT2D eigenvalue weighted by atomic mass is 10.1. The Bertz CT molecular complexity index is 645. The summed E-state index contributed by atoms with van der Waals surface area (Å²) in [6, 6.07) is 5.57. The summed E-state index contributed by atoms with van der Waals surface area (Å²) in [7, 11) is 0. The van der Waals surface area contributed by atoms with Gasteiger partial charge in [0.15, 0.2) is 11.5 Å². The smallest absolute Gasteiger partial charge is 0.248 e. The predicted molar refractivity (Wildman–Crippen MR) is 86.2 cm³/mol. The summed E-state index contributed by atoms with van der Waals surface area (Å²) < 4.78 is 10.3. The van der Waals surface area contributed by atoms with E-state index in [2.05, 4.69) is 42.4 Å². The lowest BCUT2D eigenvalue weighted by Gasteiger charge is -2.10. The van der Waals surface area contributed by atoms with Crippen molar-refractivity contribution in [2.24, 2.45) is 10.5 Å². The number of amides is 1. The van der Waals surface area contributed by atoms with Gasteiger partial charge in [0.25, 0.3) is 0 Å². The first-order valence-electron chi connectivity index (χ1n) is 6.46. The zero-order valence-electron chi connectivity index (χ0n) is 11.6. The third-order valence-electron chi connectivity index (χ3n) is 3.87. The Hall–Kier alpha value is -1.08. The van der Waals surface area contributed by atoms with Gasteiger partial charge >= 0.3 is 0 Å². The van der Waals surface area contributed by atoms with Gasteiger partial charge in [-0.3, -0.25) is 4.79 Å². The fourth-order valence-electron chi connectivity index (χ4n) is 2.09. The quantitative estimate of drug-likeness (QED) is 0.466. The van der Waals surface area contributed by atoms with Gasteiger partial charge in [-0.05, 0) is 38.5 Å². The molecule has 1 aliphatic carbocycles. The van der Waals surface area contributed by atoms with Crippen LogP contribution in [0, 0.1) is 5.41 Å². The summed E-state index contributed by atoms with van der Waals surface area (Å²) in [6.07, 6.45) is 0.727. The van der Waals surface area contributed by atoms with Gasteiger partial charge in [0.2, 0.25) is 12.7 Å². The van der Waals surface area contributed by atoms with Gasteiger partial charge < -0.3 is 9.47 Å². The minimum Gasteiger partial charge on any atom is -0.454 e. The van der Waals surface area contributed by atoms with E-state index in [-0.39, 0.29) is 15.9 Å². The van der Waals surface area contributed by atoms with Crippen LogP contribution in [0.4, 0.5) is 0 Å². The monoisotopic (exact) mass is 416 g/mol. The number of rotatable bonds is 3. The topological polar surface area (TPSA) is 59.9 Å². The van der Waals surface area contributed by atoms with Gasteiger partial charge in [0.05, 0.1) is 14.4 Å². The van der Waals surface area contributed by atoms with E-state index in [4.69, 9.17) is 9.47 Å². The zero-order valence-corrected chi connectivity index (χ0v) is 14.7. The Balaban J connectivity index is 1.71. The second-order valence-corrected chi connectivity index (χ2v) is 9.19. The molecule has 1 aromatic carbocycles. The molecule has 0 radical (unpaired) electrons. The fraction of sp³-hybridized carbons (Fsp3) is 0.429. The van der Waals surface area contributed by atoms with Crippen LogP contribution in [0.5, 0.6) is 11.5 Å². The number of hydrogen-bond acceptors (Lipinski definition) is 4. The molecule has 3 rings (SSSR count).